The van der Waals surface area contributed by atoms with E-state index < -0.39 is 0 Å². The van der Waals surface area contributed by atoms with Crippen LogP contribution < -0.4 is 9.64 Å². The normalized spacial score (nSPS) is 13.2. The number of hydrogen-bond acceptors (Lipinski definition) is 2. The van der Waals surface area contributed by atoms with Crippen molar-refractivity contribution in [3.63, 3.8) is 0 Å². The van der Waals surface area contributed by atoms with E-state index in [9.17, 15) is 4.79 Å². The molecule has 1 amide bonds. The average Bonchev–Trinajstić information content (AvgIpc) is 2.72. The lowest BCUT2D eigenvalue weighted by molar-refractivity contribution is 0.0985. The van der Waals surface area contributed by atoms with Crippen molar-refractivity contribution in [2.75, 3.05) is 11.4 Å². The van der Waals surface area contributed by atoms with Crippen LogP contribution >= 0.6 is 0 Å². The highest BCUT2D eigenvalue weighted by Crippen LogP contribution is 2.28. The molecule has 0 saturated carbocycles. The molecule has 4 rings (SSSR count). The van der Waals surface area contributed by atoms with E-state index in [1.807, 2.05) is 77.7 Å². The van der Waals surface area contributed by atoms with Crippen LogP contribution in [0.15, 0.2) is 78.9 Å². The predicted octanol–water partition coefficient (Wildman–Crippen LogP) is 4.86. The van der Waals surface area contributed by atoms with Gasteiger partial charge in [-0.05, 0) is 54.3 Å². The van der Waals surface area contributed by atoms with Gasteiger partial charge in [0.2, 0.25) is 0 Å². The summed E-state index contributed by atoms with van der Waals surface area (Å²) in [6.07, 6.45) is 2.04. The summed E-state index contributed by atoms with van der Waals surface area (Å²) in [5, 5.41) is 0. The molecular formula is C23H21NO2. The molecule has 0 saturated heterocycles. The minimum absolute atomic E-state index is 0.0627. The van der Waals surface area contributed by atoms with Crippen LogP contribution in [0.2, 0.25) is 0 Å². The van der Waals surface area contributed by atoms with Crippen molar-refractivity contribution in [3.05, 3.63) is 95.6 Å². The van der Waals surface area contributed by atoms with Crippen molar-refractivity contribution in [1.29, 1.82) is 0 Å². The number of para-hydroxylation sites is 2. The zero-order valence-electron chi connectivity index (χ0n) is 14.6. The second-order valence-electron chi connectivity index (χ2n) is 6.49. The van der Waals surface area contributed by atoms with E-state index >= 15 is 0 Å². The third kappa shape index (κ3) is 3.47. The third-order valence-electron chi connectivity index (χ3n) is 4.70. The van der Waals surface area contributed by atoms with Gasteiger partial charge in [0.05, 0.1) is 0 Å². The minimum atomic E-state index is 0.0627. The molecule has 3 aromatic rings. The Labute approximate surface area is 153 Å². The van der Waals surface area contributed by atoms with Gasteiger partial charge < -0.3 is 9.64 Å². The maximum atomic E-state index is 12.9. The Morgan fingerprint density at radius 1 is 0.885 bits per heavy atom. The largest absolute Gasteiger partial charge is 0.489 e. The van der Waals surface area contributed by atoms with Gasteiger partial charge in [-0.3, -0.25) is 4.79 Å². The van der Waals surface area contributed by atoms with Crippen LogP contribution in [-0.2, 0) is 13.0 Å². The SMILES string of the molecule is O=C(c1ccc(COc2ccccc2)cc1)N1CCCc2ccccc21. The maximum absolute atomic E-state index is 12.9. The molecule has 0 fully saturated rings. The summed E-state index contributed by atoms with van der Waals surface area (Å²) in [4.78, 5) is 14.8. The Balaban J connectivity index is 1.46. The highest BCUT2D eigenvalue weighted by molar-refractivity contribution is 6.06. The lowest BCUT2D eigenvalue weighted by Gasteiger charge is -2.29. The van der Waals surface area contributed by atoms with Gasteiger partial charge >= 0.3 is 0 Å². The molecule has 1 aliphatic heterocycles. The standard InChI is InChI=1S/C23H21NO2/c25-23(24-16-6-8-19-7-4-5-11-22(19)24)20-14-12-18(13-15-20)17-26-21-9-2-1-3-10-21/h1-5,7,9-15H,6,8,16-17H2. The highest BCUT2D eigenvalue weighted by atomic mass is 16.5. The summed E-state index contributed by atoms with van der Waals surface area (Å²) < 4.78 is 5.76. The lowest BCUT2D eigenvalue weighted by atomic mass is 10.0. The summed E-state index contributed by atoms with van der Waals surface area (Å²) >= 11 is 0. The van der Waals surface area contributed by atoms with Crippen molar-refractivity contribution >= 4 is 11.6 Å². The average molecular weight is 343 g/mol. The zero-order chi connectivity index (χ0) is 17.8. The first kappa shape index (κ1) is 16.4. The van der Waals surface area contributed by atoms with Crippen LogP contribution in [0, 0.1) is 0 Å². The van der Waals surface area contributed by atoms with Gasteiger partial charge in [0.1, 0.15) is 12.4 Å². The van der Waals surface area contributed by atoms with Gasteiger partial charge in [-0.1, -0.05) is 48.5 Å². The number of nitrogens with zero attached hydrogens (tertiary/aromatic N) is 1. The smallest absolute Gasteiger partial charge is 0.258 e. The van der Waals surface area contributed by atoms with Crippen LogP contribution in [0.3, 0.4) is 0 Å². The van der Waals surface area contributed by atoms with Crippen molar-refractivity contribution in [2.24, 2.45) is 0 Å². The van der Waals surface area contributed by atoms with E-state index in [2.05, 4.69) is 6.07 Å². The number of ether oxygens (including phenoxy) is 1. The molecule has 1 aliphatic rings. The fourth-order valence-electron chi connectivity index (χ4n) is 3.33. The van der Waals surface area contributed by atoms with E-state index in [1.54, 1.807) is 0 Å². The van der Waals surface area contributed by atoms with Crippen LogP contribution in [0.5, 0.6) is 5.75 Å². The molecule has 0 aliphatic carbocycles. The summed E-state index contributed by atoms with van der Waals surface area (Å²) in [5.74, 6) is 0.908. The number of anilines is 1. The number of carbonyl (C=O) groups is 1. The molecule has 0 unspecified atom stereocenters. The molecule has 130 valence electrons. The molecule has 0 atom stereocenters. The molecule has 3 nitrogen and oxygen atoms in total. The van der Waals surface area contributed by atoms with Gasteiger partial charge in [-0.15, -0.1) is 0 Å². The summed E-state index contributed by atoms with van der Waals surface area (Å²) in [7, 11) is 0. The first-order chi connectivity index (χ1) is 12.8. The van der Waals surface area contributed by atoms with E-state index in [0.29, 0.717) is 12.2 Å². The van der Waals surface area contributed by atoms with E-state index in [-0.39, 0.29) is 5.91 Å². The summed E-state index contributed by atoms with van der Waals surface area (Å²) in [5.41, 5.74) is 4.05. The van der Waals surface area contributed by atoms with Crippen molar-refractivity contribution in [2.45, 2.75) is 19.4 Å². The van der Waals surface area contributed by atoms with Crippen molar-refractivity contribution in [3.8, 4) is 5.75 Å². The molecule has 26 heavy (non-hydrogen) atoms. The molecule has 0 radical (unpaired) electrons. The molecule has 3 heteroatoms. The van der Waals surface area contributed by atoms with Gasteiger partial charge in [0.15, 0.2) is 0 Å². The van der Waals surface area contributed by atoms with Gasteiger partial charge in [-0.25, -0.2) is 0 Å². The Bertz CT molecular complexity index is 888. The molecule has 0 aromatic heterocycles. The Morgan fingerprint density at radius 2 is 1.62 bits per heavy atom. The molecule has 0 spiro atoms. The molecule has 3 aromatic carbocycles. The van der Waals surface area contributed by atoms with Gasteiger partial charge in [0.25, 0.3) is 5.91 Å². The summed E-state index contributed by atoms with van der Waals surface area (Å²) in [6.45, 7) is 1.26. The number of rotatable bonds is 4. The van der Waals surface area contributed by atoms with Gasteiger partial charge in [0, 0.05) is 17.8 Å². The second-order valence-corrected chi connectivity index (χ2v) is 6.49. The van der Waals surface area contributed by atoms with Crippen LogP contribution in [0.4, 0.5) is 5.69 Å². The maximum Gasteiger partial charge on any atom is 0.258 e. The number of hydrogen-bond donors (Lipinski definition) is 0. The van der Waals surface area contributed by atoms with Crippen LogP contribution in [0.1, 0.15) is 27.9 Å². The fraction of sp³-hybridized carbons (Fsp3) is 0.174. The molecular weight excluding hydrogens is 322 g/mol. The Hall–Kier alpha value is -3.07. The monoisotopic (exact) mass is 343 g/mol. The van der Waals surface area contributed by atoms with Crippen LogP contribution in [0.25, 0.3) is 0 Å². The minimum Gasteiger partial charge on any atom is -0.489 e. The van der Waals surface area contributed by atoms with E-state index in [0.717, 1.165) is 36.4 Å². The predicted molar refractivity (Wildman–Crippen MR) is 104 cm³/mol. The zero-order valence-corrected chi connectivity index (χ0v) is 14.6. The number of aryl methyl sites for hydroxylation is 1. The molecule has 0 bridgehead atoms. The van der Waals surface area contributed by atoms with Crippen molar-refractivity contribution in [1.82, 2.24) is 0 Å². The number of benzene rings is 3. The Morgan fingerprint density at radius 3 is 2.42 bits per heavy atom. The number of fused-ring (bicyclic) bond motifs is 1. The summed E-state index contributed by atoms with van der Waals surface area (Å²) in [6, 6.07) is 25.6. The molecule has 0 N–H and O–H groups in total. The fourth-order valence-corrected chi connectivity index (χ4v) is 3.33. The number of carbonyl (C=O) groups excluding carboxylic acids is 1. The second kappa shape index (κ2) is 7.44. The quantitative estimate of drug-likeness (QED) is 0.677. The van der Waals surface area contributed by atoms with E-state index in [1.165, 1.54) is 5.56 Å². The first-order valence-corrected chi connectivity index (χ1v) is 8.98. The highest BCUT2D eigenvalue weighted by Gasteiger charge is 2.23. The third-order valence-corrected chi connectivity index (χ3v) is 4.70. The Kier molecular flexibility index (Phi) is 4.69. The number of amides is 1. The van der Waals surface area contributed by atoms with Crippen molar-refractivity contribution < 1.29 is 9.53 Å². The van der Waals surface area contributed by atoms with Gasteiger partial charge in [-0.2, -0.15) is 0 Å². The van der Waals surface area contributed by atoms with Crippen LogP contribution in [-0.4, -0.2) is 12.5 Å². The lowest BCUT2D eigenvalue weighted by Crippen LogP contribution is -2.35. The first-order valence-electron chi connectivity index (χ1n) is 8.98. The topological polar surface area (TPSA) is 29.5 Å². The van der Waals surface area contributed by atoms with E-state index in [4.69, 9.17) is 4.74 Å². The molecule has 1 heterocycles.